The molecule has 2 amide bonds. The summed E-state index contributed by atoms with van der Waals surface area (Å²) >= 11 is 0. The van der Waals surface area contributed by atoms with Gasteiger partial charge in [-0.1, -0.05) is 18.2 Å². The minimum atomic E-state index is -0.115. The standard InChI is InChI=1S/C22H20N6O2/c29-21(19-12-15-4-1-2-6-17(15)24-19)27-8-10-28(11-9-27)22(30)20-13-18(25-26-20)16-5-3-7-23-14-16/h1-7,12-14,24H,8-11H2,(H,25,26). The quantitative estimate of drug-likeness (QED) is 0.552. The number of carbonyl (C=O) groups is 2. The SMILES string of the molecule is O=C(c1cc(-c2cccnc2)n[nH]1)N1CCN(C(=O)c2cc3ccccc3[nH]2)CC1. The number of amides is 2. The average Bonchev–Trinajstić information content (AvgIpc) is 3.46. The summed E-state index contributed by atoms with van der Waals surface area (Å²) in [6.07, 6.45) is 3.40. The largest absolute Gasteiger partial charge is 0.351 e. The summed E-state index contributed by atoms with van der Waals surface area (Å²) in [5.41, 5.74) is 3.48. The van der Waals surface area contributed by atoms with Gasteiger partial charge in [0.15, 0.2) is 0 Å². The molecule has 2 N–H and O–H groups in total. The van der Waals surface area contributed by atoms with Crippen LogP contribution in [0.15, 0.2) is 60.9 Å². The maximum Gasteiger partial charge on any atom is 0.272 e. The van der Waals surface area contributed by atoms with E-state index in [-0.39, 0.29) is 11.8 Å². The van der Waals surface area contributed by atoms with E-state index >= 15 is 0 Å². The van der Waals surface area contributed by atoms with Gasteiger partial charge in [-0.2, -0.15) is 5.10 Å². The maximum absolute atomic E-state index is 12.8. The third-order valence-electron chi connectivity index (χ3n) is 5.38. The molecule has 0 spiro atoms. The summed E-state index contributed by atoms with van der Waals surface area (Å²) in [6.45, 7) is 1.94. The molecule has 1 aliphatic rings. The zero-order valence-corrected chi connectivity index (χ0v) is 16.2. The number of nitrogens with one attached hydrogen (secondary N) is 2. The Bertz CT molecular complexity index is 1170. The van der Waals surface area contributed by atoms with E-state index in [1.54, 1.807) is 28.3 Å². The summed E-state index contributed by atoms with van der Waals surface area (Å²) in [5, 5.41) is 8.06. The molecule has 30 heavy (non-hydrogen) atoms. The van der Waals surface area contributed by atoms with Crippen LogP contribution in [0.25, 0.3) is 22.2 Å². The number of para-hydroxylation sites is 1. The summed E-state index contributed by atoms with van der Waals surface area (Å²) in [6, 6.07) is 15.1. The summed E-state index contributed by atoms with van der Waals surface area (Å²) in [7, 11) is 0. The summed E-state index contributed by atoms with van der Waals surface area (Å²) < 4.78 is 0. The minimum absolute atomic E-state index is 0.0429. The summed E-state index contributed by atoms with van der Waals surface area (Å²) in [4.78, 5) is 36.5. The fourth-order valence-electron chi connectivity index (χ4n) is 3.74. The Morgan fingerprint density at radius 1 is 0.867 bits per heavy atom. The molecule has 0 radical (unpaired) electrons. The Kier molecular flexibility index (Phi) is 4.51. The molecule has 0 atom stereocenters. The first-order valence-electron chi connectivity index (χ1n) is 9.81. The Labute approximate surface area is 172 Å². The molecule has 150 valence electrons. The van der Waals surface area contributed by atoms with E-state index in [0.29, 0.717) is 43.3 Å². The predicted molar refractivity (Wildman–Crippen MR) is 112 cm³/mol. The van der Waals surface area contributed by atoms with Crippen LogP contribution in [-0.4, -0.2) is 68.0 Å². The second-order valence-corrected chi connectivity index (χ2v) is 7.26. The lowest BCUT2D eigenvalue weighted by Crippen LogP contribution is -2.50. The van der Waals surface area contributed by atoms with Gasteiger partial charge in [0.25, 0.3) is 11.8 Å². The van der Waals surface area contributed by atoms with Crippen molar-refractivity contribution in [2.24, 2.45) is 0 Å². The molecule has 5 rings (SSSR count). The molecule has 1 aromatic carbocycles. The van der Waals surface area contributed by atoms with Gasteiger partial charge in [0.05, 0.1) is 5.69 Å². The highest BCUT2D eigenvalue weighted by molar-refractivity contribution is 5.98. The second-order valence-electron chi connectivity index (χ2n) is 7.26. The van der Waals surface area contributed by atoms with E-state index in [2.05, 4.69) is 20.2 Å². The van der Waals surface area contributed by atoms with E-state index in [9.17, 15) is 9.59 Å². The van der Waals surface area contributed by atoms with Crippen molar-refractivity contribution in [3.05, 3.63) is 72.3 Å². The Balaban J connectivity index is 1.24. The molecule has 0 aliphatic carbocycles. The average molecular weight is 400 g/mol. The molecule has 1 fully saturated rings. The monoisotopic (exact) mass is 400 g/mol. The van der Waals surface area contributed by atoms with Gasteiger partial charge in [-0.25, -0.2) is 0 Å². The molecule has 4 heterocycles. The first-order valence-corrected chi connectivity index (χ1v) is 9.81. The lowest BCUT2D eigenvalue weighted by molar-refractivity contribution is 0.0529. The normalized spacial score (nSPS) is 14.3. The van der Waals surface area contributed by atoms with E-state index in [4.69, 9.17) is 0 Å². The molecule has 0 unspecified atom stereocenters. The highest BCUT2D eigenvalue weighted by atomic mass is 16.2. The van der Waals surface area contributed by atoms with Gasteiger partial charge < -0.3 is 14.8 Å². The third-order valence-corrected chi connectivity index (χ3v) is 5.38. The van der Waals surface area contributed by atoms with Crippen LogP contribution in [0.2, 0.25) is 0 Å². The fourth-order valence-corrected chi connectivity index (χ4v) is 3.74. The number of hydrogen-bond donors (Lipinski definition) is 2. The van der Waals surface area contributed by atoms with Crippen molar-refractivity contribution in [2.45, 2.75) is 0 Å². The van der Waals surface area contributed by atoms with E-state index in [1.165, 1.54) is 0 Å². The number of pyridine rings is 1. The Hall–Kier alpha value is -3.94. The van der Waals surface area contributed by atoms with Gasteiger partial charge in [-0.15, -0.1) is 0 Å². The highest BCUT2D eigenvalue weighted by Gasteiger charge is 2.27. The molecule has 0 bridgehead atoms. The van der Waals surface area contributed by atoms with Crippen LogP contribution in [0.3, 0.4) is 0 Å². The van der Waals surface area contributed by atoms with Crippen LogP contribution in [-0.2, 0) is 0 Å². The fraction of sp³-hybridized carbons (Fsp3) is 0.182. The van der Waals surface area contributed by atoms with Crippen molar-refractivity contribution in [3.63, 3.8) is 0 Å². The number of piperazine rings is 1. The van der Waals surface area contributed by atoms with Gasteiger partial charge in [0, 0.05) is 55.0 Å². The van der Waals surface area contributed by atoms with Crippen LogP contribution >= 0.6 is 0 Å². The molecule has 8 nitrogen and oxygen atoms in total. The van der Waals surface area contributed by atoms with Crippen molar-refractivity contribution < 1.29 is 9.59 Å². The van der Waals surface area contributed by atoms with E-state index < -0.39 is 0 Å². The number of rotatable bonds is 3. The molecule has 0 saturated carbocycles. The van der Waals surface area contributed by atoms with Crippen LogP contribution in [0.5, 0.6) is 0 Å². The topological polar surface area (TPSA) is 98.0 Å². The number of carbonyl (C=O) groups excluding carboxylic acids is 2. The molecule has 4 aromatic rings. The number of aromatic nitrogens is 4. The first-order chi connectivity index (χ1) is 14.7. The third kappa shape index (κ3) is 3.32. The molecule has 8 heteroatoms. The highest BCUT2D eigenvalue weighted by Crippen LogP contribution is 2.19. The van der Waals surface area contributed by atoms with Crippen LogP contribution in [0.1, 0.15) is 21.0 Å². The first kappa shape index (κ1) is 18.1. The predicted octanol–water partition coefficient (Wildman–Crippen LogP) is 2.55. The lowest BCUT2D eigenvalue weighted by Gasteiger charge is -2.34. The minimum Gasteiger partial charge on any atom is -0.351 e. The maximum atomic E-state index is 12.8. The van der Waals surface area contributed by atoms with Gasteiger partial charge in [0.2, 0.25) is 0 Å². The van der Waals surface area contributed by atoms with Crippen LogP contribution < -0.4 is 0 Å². The van der Waals surface area contributed by atoms with Crippen molar-refractivity contribution in [2.75, 3.05) is 26.2 Å². The van der Waals surface area contributed by atoms with E-state index in [0.717, 1.165) is 16.5 Å². The van der Waals surface area contributed by atoms with Gasteiger partial charge in [0.1, 0.15) is 11.4 Å². The molecule has 3 aromatic heterocycles. The number of aromatic amines is 2. The molecule has 1 saturated heterocycles. The zero-order chi connectivity index (χ0) is 20.5. The number of hydrogen-bond acceptors (Lipinski definition) is 4. The molecule has 1 aliphatic heterocycles. The van der Waals surface area contributed by atoms with Crippen LogP contribution in [0, 0.1) is 0 Å². The Morgan fingerprint density at radius 3 is 2.30 bits per heavy atom. The molecular weight excluding hydrogens is 380 g/mol. The van der Waals surface area contributed by atoms with Crippen molar-refractivity contribution in [1.82, 2.24) is 30.0 Å². The van der Waals surface area contributed by atoms with E-state index in [1.807, 2.05) is 42.5 Å². The number of fused-ring (bicyclic) bond motifs is 1. The van der Waals surface area contributed by atoms with Crippen molar-refractivity contribution >= 4 is 22.7 Å². The van der Waals surface area contributed by atoms with Crippen LogP contribution in [0.4, 0.5) is 0 Å². The molecular formula is C22H20N6O2. The van der Waals surface area contributed by atoms with Gasteiger partial charge in [-0.3, -0.25) is 19.7 Å². The number of benzene rings is 1. The number of nitrogens with zero attached hydrogens (tertiary/aromatic N) is 4. The van der Waals surface area contributed by atoms with Crippen molar-refractivity contribution in [3.8, 4) is 11.3 Å². The van der Waals surface area contributed by atoms with Gasteiger partial charge in [-0.05, 0) is 30.3 Å². The zero-order valence-electron chi connectivity index (χ0n) is 16.2. The summed E-state index contributed by atoms with van der Waals surface area (Å²) in [5.74, 6) is -0.158. The van der Waals surface area contributed by atoms with Crippen molar-refractivity contribution in [1.29, 1.82) is 0 Å². The number of H-pyrrole nitrogens is 2. The second kappa shape index (κ2) is 7.47. The van der Waals surface area contributed by atoms with Gasteiger partial charge >= 0.3 is 0 Å². The smallest absolute Gasteiger partial charge is 0.272 e. The lowest BCUT2D eigenvalue weighted by atomic mass is 10.2. The Morgan fingerprint density at radius 2 is 1.60 bits per heavy atom.